The first-order chi connectivity index (χ1) is 16.2. The van der Waals surface area contributed by atoms with E-state index in [1.54, 1.807) is 42.5 Å². The fourth-order valence-corrected chi connectivity index (χ4v) is 2.98. The summed E-state index contributed by atoms with van der Waals surface area (Å²) in [6.07, 6.45) is 0.275. The number of carboxylic acids is 1. The zero-order valence-corrected chi connectivity index (χ0v) is 18.0. The molecule has 1 heterocycles. The molecule has 12 nitrogen and oxygen atoms in total. The first-order valence-electron chi connectivity index (χ1n) is 9.97. The van der Waals surface area contributed by atoms with Crippen molar-refractivity contribution in [3.8, 4) is 5.75 Å². The predicted octanol–water partition coefficient (Wildman–Crippen LogP) is 1.57. The van der Waals surface area contributed by atoms with Crippen LogP contribution in [0.4, 0.5) is 16.3 Å². The van der Waals surface area contributed by atoms with Crippen LogP contribution in [0.3, 0.4) is 0 Å². The number of hydrogen-bond acceptors (Lipinski definition) is 6. The second-order valence-electron chi connectivity index (χ2n) is 7.01. The van der Waals surface area contributed by atoms with Gasteiger partial charge in [0.05, 0.1) is 0 Å². The smallest absolute Gasteiger partial charge is 0.341 e. The number of hydrogen-bond donors (Lipinski definition) is 6. The van der Waals surface area contributed by atoms with Crippen LogP contribution in [0.15, 0.2) is 48.5 Å². The second-order valence-corrected chi connectivity index (χ2v) is 7.01. The van der Waals surface area contributed by atoms with Crippen LogP contribution < -0.4 is 26.4 Å². The van der Waals surface area contributed by atoms with Gasteiger partial charge in [0.2, 0.25) is 0 Å². The number of ether oxygens (including phenoxy) is 1. The molecular formula is C22H22N6O6. The van der Waals surface area contributed by atoms with Crippen LogP contribution in [-0.4, -0.2) is 52.5 Å². The number of carbonyl (C=O) groups excluding carboxylic acids is 3. The van der Waals surface area contributed by atoms with E-state index in [1.807, 2.05) is 0 Å². The molecule has 3 rings (SSSR count). The normalized spacial score (nSPS) is 10.3. The summed E-state index contributed by atoms with van der Waals surface area (Å²) >= 11 is 0. The fourth-order valence-electron chi connectivity index (χ4n) is 2.98. The third-order valence-electron chi connectivity index (χ3n) is 4.49. The average molecular weight is 466 g/mol. The molecule has 0 fully saturated rings. The van der Waals surface area contributed by atoms with E-state index in [0.717, 1.165) is 5.56 Å². The number of urea groups is 1. The van der Waals surface area contributed by atoms with Gasteiger partial charge in [0.15, 0.2) is 12.3 Å². The van der Waals surface area contributed by atoms with Gasteiger partial charge in [0.1, 0.15) is 17.4 Å². The molecule has 4 amide bonds. The Hall–Kier alpha value is -4.87. The molecule has 12 heteroatoms. The van der Waals surface area contributed by atoms with E-state index >= 15 is 0 Å². The quantitative estimate of drug-likeness (QED) is 0.276. The minimum atomic E-state index is -1.08. The molecule has 176 valence electrons. The Morgan fingerprint density at radius 3 is 2.47 bits per heavy atom. The van der Waals surface area contributed by atoms with E-state index in [2.05, 4.69) is 25.9 Å². The van der Waals surface area contributed by atoms with E-state index in [1.165, 1.54) is 13.1 Å². The van der Waals surface area contributed by atoms with Crippen LogP contribution >= 0.6 is 0 Å². The number of aromatic nitrogens is 2. The molecular weight excluding hydrogens is 444 g/mol. The van der Waals surface area contributed by atoms with Crippen LogP contribution in [0.5, 0.6) is 5.75 Å². The molecule has 0 bridgehead atoms. The zero-order valence-electron chi connectivity index (χ0n) is 18.0. The highest BCUT2D eigenvalue weighted by molar-refractivity contribution is 6.05. The monoisotopic (exact) mass is 466 g/mol. The van der Waals surface area contributed by atoms with Gasteiger partial charge in [-0.2, -0.15) is 0 Å². The van der Waals surface area contributed by atoms with Gasteiger partial charge in [-0.05, 0) is 35.9 Å². The first kappa shape index (κ1) is 23.8. The summed E-state index contributed by atoms with van der Waals surface area (Å²) < 4.78 is 5.09. The molecule has 7 N–H and O–H groups in total. The van der Waals surface area contributed by atoms with E-state index in [4.69, 9.17) is 15.6 Å². The van der Waals surface area contributed by atoms with Crippen molar-refractivity contribution in [3.63, 3.8) is 0 Å². The highest BCUT2D eigenvalue weighted by atomic mass is 16.5. The number of aromatic amines is 1. The van der Waals surface area contributed by atoms with Crippen LogP contribution in [0.25, 0.3) is 0 Å². The van der Waals surface area contributed by atoms with Gasteiger partial charge < -0.3 is 31.2 Å². The molecule has 0 aliphatic rings. The van der Waals surface area contributed by atoms with Crippen molar-refractivity contribution in [2.24, 2.45) is 5.73 Å². The molecule has 0 aliphatic carbocycles. The van der Waals surface area contributed by atoms with Gasteiger partial charge in [-0.25, -0.2) is 14.6 Å². The molecule has 0 aliphatic heterocycles. The summed E-state index contributed by atoms with van der Waals surface area (Å²) in [4.78, 5) is 53.6. The van der Waals surface area contributed by atoms with Crippen molar-refractivity contribution < 1.29 is 29.0 Å². The minimum Gasteiger partial charge on any atom is -0.482 e. The number of carbonyl (C=O) groups is 4. The Balaban J connectivity index is 1.69. The Morgan fingerprint density at radius 2 is 1.82 bits per heavy atom. The molecule has 0 saturated carbocycles. The Labute approximate surface area is 193 Å². The summed E-state index contributed by atoms with van der Waals surface area (Å²) in [5, 5.41) is 16.2. The van der Waals surface area contributed by atoms with Crippen molar-refractivity contribution >= 4 is 35.3 Å². The molecule has 0 radical (unpaired) electrons. The number of H-pyrrole nitrogens is 1. The van der Waals surface area contributed by atoms with E-state index < -0.39 is 24.5 Å². The number of nitrogens with two attached hydrogens (primary N) is 1. The first-order valence-corrected chi connectivity index (χ1v) is 9.97. The van der Waals surface area contributed by atoms with E-state index in [-0.39, 0.29) is 23.8 Å². The van der Waals surface area contributed by atoms with Crippen molar-refractivity contribution in [1.29, 1.82) is 0 Å². The summed E-state index contributed by atoms with van der Waals surface area (Å²) in [6.45, 7) is -0.452. The van der Waals surface area contributed by atoms with Gasteiger partial charge in [0, 0.05) is 24.7 Å². The highest BCUT2D eigenvalue weighted by Gasteiger charge is 2.18. The number of nitrogens with zero attached hydrogens (tertiary/aromatic N) is 1. The van der Waals surface area contributed by atoms with E-state index in [0.29, 0.717) is 22.8 Å². The largest absolute Gasteiger partial charge is 0.482 e. The lowest BCUT2D eigenvalue weighted by atomic mass is 10.1. The van der Waals surface area contributed by atoms with Crippen LogP contribution in [-0.2, 0) is 11.2 Å². The van der Waals surface area contributed by atoms with E-state index in [9.17, 15) is 19.2 Å². The van der Waals surface area contributed by atoms with Gasteiger partial charge in [0.25, 0.3) is 11.8 Å². The zero-order chi connectivity index (χ0) is 24.7. The van der Waals surface area contributed by atoms with Gasteiger partial charge in [-0.3, -0.25) is 14.9 Å². The number of imidazole rings is 1. The predicted molar refractivity (Wildman–Crippen MR) is 122 cm³/mol. The van der Waals surface area contributed by atoms with Crippen molar-refractivity contribution in [2.45, 2.75) is 6.42 Å². The number of benzene rings is 2. The van der Waals surface area contributed by atoms with Gasteiger partial charge in [-0.1, -0.05) is 18.2 Å². The number of nitrogens with one attached hydrogen (secondary N) is 4. The standard InChI is InChI=1S/C22H22N6O6/c1-24-21(32)13-3-2-4-14(10-13)25-22(33)28-20-18(19(23)31)26-16(27-20)9-12-5-7-15(8-6-12)34-11-17(29)30/h2-8,10H,9,11H2,1H3,(H2,23,31)(H,24,32)(H,26,27)(H,29,30)(H2,25,28,33). The molecule has 0 saturated heterocycles. The maximum absolute atomic E-state index is 12.4. The molecule has 34 heavy (non-hydrogen) atoms. The molecule has 0 spiro atoms. The summed E-state index contributed by atoms with van der Waals surface area (Å²) in [5.74, 6) is -1.45. The third-order valence-corrected chi connectivity index (χ3v) is 4.49. The van der Waals surface area contributed by atoms with Gasteiger partial charge in [-0.15, -0.1) is 0 Å². The molecule has 3 aromatic rings. The number of amides is 4. The summed E-state index contributed by atoms with van der Waals surface area (Å²) in [6, 6.07) is 12.3. The highest BCUT2D eigenvalue weighted by Crippen LogP contribution is 2.18. The van der Waals surface area contributed by atoms with Crippen LogP contribution in [0.2, 0.25) is 0 Å². The Kier molecular flexibility index (Phi) is 7.44. The lowest BCUT2D eigenvalue weighted by Crippen LogP contribution is -2.23. The number of primary amides is 1. The number of anilines is 2. The Bertz CT molecular complexity index is 1220. The minimum absolute atomic E-state index is 0.0175. The summed E-state index contributed by atoms with van der Waals surface area (Å²) in [7, 11) is 1.50. The number of rotatable bonds is 9. The summed E-state index contributed by atoms with van der Waals surface area (Å²) in [5.41, 5.74) is 6.76. The fraction of sp³-hybridized carbons (Fsp3) is 0.136. The lowest BCUT2D eigenvalue weighted by molar-refractivity contribution is -0.139. The second kappa shape index (κ2) is 10.6. The third kappa shape index (κ3) is 6.32. The molecule has 1 aromatic heterocycles. The number of carboxylic acid groups (broad SMARTS) is 1. The Morgan fingerprint density at radius 1 is 1.09 bits per heavy atom. The molecule has 0 unspecified atom stereocenters. The number of aliphatic carboxylic acids is 1. The molecule has 0 atom stereocenters. The topological polar surface area (TPSA) is 189 Å². The van der Waals surface area contributed by atoms with Gasteiger partial charge >= 0.3 is 12.0 Å². The maximum Gasteiger partial charge on any atom is 0.341 e. The lowest BCUT2D eigenvalue weighted by Gasteiger charge is -2.08. The van der Waals surface area contributed by atoms with Crippen molar-refractivity contribution in [2.75, 3.05) is 24.3 Å². The average Bonchev–Trinajstić information content (AvgIpc) is 3.20. The van der Waals surface area contributed by atoms with Crippen molar-refractivity contribution in [3.05, 3.63) is 71.2 Å². The van der Waals surface area contributed by atoms with Crippen molar-refractivity contribution in [1.82, 2.24) is 15.3 Å². The van der Waals surface area contributed by atoms with Crippen LogP contribution in [0, 0.1) is 0 Å². The molecule has 2 aromatic carbocycles. The SMILES string of the molecule is CNC(=O)c1cccc(NC(=O)Nc2[nH]c(Cc3ccc(OCC(=O)O)cc3)nc2C(N)=O)c1. The maximum atomic E-state index is 12.4. The van der Waals surface area contributed by atoms with Crippen LogP contribution in [0.1, 0.15) is 32.2 Å².